The largest absolute Gasteiger partial charge is 0.354 e. The Bertz CT molecular complexity index is 943. The lowest BCUT2D eigenvalue weighted by Crippen LogP contribution is -2.44. The first kappa shape index (κ1) is 17.9. The van der Waals surface area contributed by atoms with Gasteiger partial charge in [0.1, 0.15) is 23.7 Å². The highest BCUT2D eigenvalue weighted by Gasteiger charge is 2.18. The Morgan fingerprint density at radius 1 is 1.11 bits per heavy atom. The fourth-order valence-corrected chi connectivity index (χ4v) is 3.56. The first-order valence-electron chi connectivity index (χ1n) is 9.43. The van der Waals surface area contributed by atoms with Crippen LogP contribution in [0.1, 0.15) is 19.4 Å². The molecule has 0 bridgehead atoms. The topological polar surface area (TPSA) is 60.9 Å². The number of aromatic nitrogens is 4. The van der Waals surface area contributed by atoms with Gasteiger partial charge in [-0.25, -0.2) is 14.4 Å². The van der Waals surface area contributed by atoms with Gasteiger partial charge in [0, 0.05) is 37.6 Å². The summed E-state index contributed by atoms with van der Waals surface area (Å²) < 4.78 is 14.3. The van der Waals surface area contributed by atoms with Gasteiger partial charge in [0.05, 0.1) is 11.2 Å². The number of nitrogens with one attached hydrogen (secondary N) is 1. The minimum Gasteiger partial charge on any atom is -0.354 e. The quantitative estimate of drug-likeness (QED) is 0.767. The van der Waals surface area contributed by atoms with E-state index in [1.807, 2.05) is 12.1 Å². The van der Waals surface area contributed by atoms with E-state index in [0.29, 0.717) is 23.4 Å². The average Bonchev–Trinajstić information content (AvgIpc) is 3.05. The predicted molar refractivity (Wildman–Crippen MR) is 105 cm³/mol. The molecule has 7 heteroatoms. The van der Waals surface area contributed by atoms with E-state index in [1.165, 1.54) is 6.07 Å². The third-order valence-corrected chi connectivity index (χ3v) is 5.08. The molecule has 1 aliphatic heterocycles. The van der Waals surface area contributed by atoms with Crippen LogP contribution in [0.3, 0.4) is 0 Å². The maximum absolute atomic E-state index is 14.3. The lowest BCUT2D eigenvalue weighted by molar-refractivity contribution is 0.312. The van der Waals surface area contributed by atoms with Gasteiger partial charge in [-0.2, -0.15) is 5.10 Å². The van der Waals surface area contributed by atoms with Crippen molar-refractivity contribution < 1.29 is 4.39 Å². The summed E-state index contributed by atoms with van der Waals surface area (Å²) in [5.41, 5.74) is 2.91. The SMILES string of the molecule is CC(C)Cc1cc2c(-c3cc(N4CCN(C)CC4)ncn3)n[nH]c2cc1F. The molecule has 1 saturated heterocycles. The standard InChI is InChI=1S/C20H25FN6/c1-13(2)8-14-9-15-17(10-16(14)21)24-25-20(15)18-11-19(23-12-22-18)27-6-4-26(3)5-7-27/h9-13H,4-8H2,1-3H3,(H,24,25). The van der Waals surface area contributed by atoms with Gasteiger partial charge >= 0.3 is 0 Å². The second-order valence-corrected chi connectivity index (χ2v) is 7.71. The van der Waals surface area contributed by atoms with Crippen LogP contribution in [0.5, 0.6) is 0 Å². The van der Waals surface area contributed by atoms with Gasteiger partial charge in [-0.05, 0) is 37.1 Å². The zero-order valence-electron chi connectivity index (χ0n) is 16.0. The average molecular weight is 368 g/mol. The predicted octanol–water partition coefficient (Wildman–Crippen LogP) is 3.11. The van der Waals surface area contributed by atoms with Crippen LogP contribution in [-0.4, -0.2) is 58.3 Å². The van der Waals surface area contributed by atoms with Crippen molar-refractivity contribution in [3.8, 4) is 11.4 Å². The second-order valence-electron chi connectivity index (χ2n) is 7.71. The molecule has 0 radical (unpaired) electrons. The maximum atomic E-state index is 14.3. The summed E-state index contributed by atoms with van der Waals surface area (Å²) >= 11 is 0. The molecule has 6 nitrogen and oxygen atoms in total. The zero-order valence-corrected chi connectivity index (χ0v) is 16.0. The number of halogens is 1. The normalized spacial score (nSPS) is 15.8. The molecule has 3 aromatic rings. The minimum absolute atomic E-state index is 0.188. The lowest BCUT2D eigenvalue weighted by atomic mass is 10.00. The van der Waals surface area contributed by atoms with Gasteiger partial charge in [0.2, 0.25) is 0 Å². The van der Waals surface area contributed by atoms with E-state index in [-0.39, 0.29) is 5.82 Å². The molecule has 0 unspecified atom stereocenters. The number of anilines is 1. The number of nitrogens with zero attached hydrogens (tertiary/aromatic N) is 5. The van der Waals surface area contributed by atoms with Crippen molar-refractivity contribution in [1.29, 1.82) is 0 Å². The lowest BCUT2D eigenvalue weighted by Gasteiger charge is -2.33. The fraction of sp³-hybridized carbons (Fsp3) is 0.450. The molecule has 27 heavy (non-hydrogen) atoms. The number of likely N-dealkylation sites (N-methyl/N-ethyl adjacent to an activating group) is 1. The van der Waals surface area contributed by atoms with Crippen molar-refractivity contribution in [2.24, 2.45) is 5.92 Å². The van der Waals surface area contributed by atoms with Crippen LogP contribution in [-0.2, 0) is 6.42 Å². The van der Waals surface area contributed by atoms with Gasteiger partial charge in [-0.3, -0.25) is 5.10 Å². The van der Waals surface area contributed by atoms with E-state index in [9.17, 15) is 4.39 Å². The van der Waals surface area contributed by atoms with Crippen LogP contribution in [0.4, 0.5) is 10.2 Å². The Morgan fingerprint density at radius 2 is 1.89 bits per heavy atom. The van der Waals surface area contributed by atoms with Crippen LogP contribution < -0.4 is 4.90 Å². The van der Waals surface area contributed by atoms with E-state index in [2.05, 4.69) is 50.9 Å². The Labute approximate surface area is 158 Å². The zero-order chi connectivity index (χ0) is 19.0. The summed E-state index contributed by atoms with van der Waals surface area (Å²) in [7, 11) is 2.13. The van der Waals surface area contributed by atoms with Crippen LogP contribution >= 0.6 is 0 Å². The summed E-state index contributed by atoms with van der Waals surface area (Å²) in [6.07, 6.45) is 2.28. The summed E-state index contributed by atoms with van der Waals surface area (Å²) in [4.78, 5) is 13.5. The molecule has 0 atom stereocenters. The summed E-state index contributed by atoms with van der Waals surface area (Å²) in [6, 6.07) is 5.42. The highest BCUT2D eigenvalue weighted by molar-refractivity contribution is 5.92. The smallest absolute Gasteiger partial charge is 0.132 e. The second kappa shape index (κ2) is 7.23. The van der Waals surface area contributed by atoms with Gasteiger partial charge in [-0.1, -0.05) is 13.8 Å². The number of H-pyrrole nitrogens is 1. The van der Waals surface area contributed by atoms with Crippen LogP contribution in [0.2, 0.25) is 0 Å². The first-order valence-corrected chi connectivity index (χ1v) is 9.43. The Hall–Kier alpha value is -2.54. The number of fused-ring (bicyclic) bond motifs is 1. The summed E-state index contributed by atoms with van der Waals surface area (Å²) in [5.74, 6) is 1.11. The molecule has 1 fully saturated rings. The number of benzene rings is 1. The summed E-state index contributed by atoms with van der Waals surface area (Å²) in [6.45, 7) is 8.10. The Kier molecular flexibility index (Phi) is 4.78. The number of rotatable bonds is 4. The third-order valence-electron chi connectivity index (χ3n) is 5.08. The molecule has 0 amide bonds. The van der Waals surface area contributed by atoms with Crippen molar-refractivity contribution in [2.45, 2.75) is 20.3 Å². The van der Waals surface area contributed by atoms with Gasteiger partial charge in [0.15, 0.2) is 0 Å². The molecular weight excluding hydrogens is 343 g/mol. The van der Waals surface area contributed by atoms with Crippen molar-refractivity contribution >= 4 is 16.7 Å². The maximum Gasteiger partial charge on any atom is 0.132 e. The first-order chi connectivity index (χ1) is 13.0. The van der Waals surface area contributed by atoms with E-state index in [1.54, 1.807) is 6.33 Å². The number of hydrogen-bond donors (Lipinski definition) is 1. The molecule has 0 aliphatic carbocycles. The Balaban J connectivity index is 1.71. The van der Waals surface area contributed by atoms with Crippen molar-refractivity contribution in [3.63, 3.8) is 0 Å². The van der Waals surface area contributed by atoms with Crippen LogP contribution in [0.15, 0.2) is 24.5 Å². The minimum atomic E-state index is -0.188. The fourth-order valence-electron chi connectivity index (χ4n) is 3.56. The molecule has 142 valence electrons. The molecule has 1 aromatic carbocycles. The molecule has 1 N–H and O–H groups in total. The van der Waals surface area contributed by atoms with E-state index >= 15 is 0 Å². The molecule has 1 aliphatic rings. The van der Waals surface area contributed by atoms with Crippen molar-refractivity contribution in [1.82, 2.24) is 25.1 Å². The molecule has 3 heterocycles. The summed E-state index contributed by atoms with van der Waals surface area (Å²) in [5, 5.41) is 8.26. The van der Waals surface area contributed by atoms with Crippen LogP contribution in [0.25, 0.3) is 22.3 Å². The van der Waals surface area contributed by atoms with E-state index in [4.69, 9.17) is 0 Å². The monoisotopic (exact) mass is 368 g/mol. The molecule has 4 rings (SSSR count). The number of aromatic amines is 1. The molecule has 0 spiro atoms. The highest BCUT2D eigenvalue weighted by atomic mass is 19.1. The number of hydrogen-bond acceptors (Lipinski definition) is 5. The van der Waals surface area contributed by atoms with Crippen molar-refractivity contribution in [2.75, 3.05) is 38.1 Å². The van der Waals surface area contributed by atoms with Gasteiger partial charge in [0.25, 0.3) is 0 Å². The van der Waals surface area contributed by atoms with Gasteiger partial charge < -0.3 is 9.80 Å². The Morgan fingerprint density at radius 3 is 2.63 bits per heavy atom. The molecule has 2 aromatic heterocycles. The third kappa shape index (κ3) is 3.64. The highest BCUT2D eigenvalue weighted by Crippen LogP contribution is 2.29. The number of piperazine rings is 1. The van der Waals surface area contributed by atoms with Crippen LogP contribution in [0, 0.1) is 11.7 Å². The van der Waals surface area contributed by atoms with Gasteiger partial charge in [-0.15, -0.1) is 0 Å². The molecule has 0 saturated carbocycles. The van der Waals surface area contributed by atoms with E-state index in [0.717, 1.165) is 48.8 Å². The van der Waals surface area contributed by atoms with E-state index < -0.39 is 0 Å². The van der Waals surface area contributed by atoms with Crippen molar-refractivity contribution in [3.05, 3.63) is 35.9 Å². The molecular formula is C20H25FN6.